The van der Waals surface area contributed by atoms with E-state index in [4.69, 9.17) is 28.4 Å². The summed E-state index contributed by atoms with van der Waals surface area (Å²) in [6, 6.07) is 5.06. The van der Waals surface area contributed by atoms with E-state index in [0.717, 1.165) is 12.5 Å². The highest BCUT2D eigenvalue weighted by Gasteiger charge is 2.54. The van der Waals surface area contributed by atoms with Gasteiger partial charge in [0.2, 0.25) is 22.3 Å². The number of amides is 1. The van der Waals surface area contributed by atoms with Gasteiger partial charge in [-0.1, -0.05) is 12.1 Å². The number of rotatable bonds is 16. The van der Waals surface area contributed by atoms with E-state index >= 15 is 0 Å². The normalized spacial score (nSPS) is 36.7. The molecule has 21 nitrogen and oxygen atoms in total. The van der Waals surface area contributed by atoms with Crippen molar-refractivity contribution in [1.29, 1.82) is 0 Å². The van der Waals surface area contributed by atoms with Gasteiger partial charge in [-0.15, -0.1) is 0 Å². The molecule has 15 atom stereocenters. The Balaban J connectivity index is 1.29. The average Bonchev–Trinajstić information content (AvgIpc) is 3.58. The largest absolute Gasteiger partial charge is 0.394 e. The molecule has 10 N–H and O–H groups in total. The van der Waals surface area contributed by atoms with Crippen LogP contribution in [0.4, 0.5) is 0 Å². The van der Waals surface area contributed by atoms with Crippen molar-refractivity contribution in [3.05, 3.63) is 48.5 Å². The summed E-state index contributed by atoms with van der Waals surface area (Å²) < 4.78 is 67.6. The molecular formula is C34H53N4O17S+. The van der Waals surface area contributed by atoms with Crippen molar-refractivity contribution >= 4 is 15.9 Å². The zero-order valence-electron chi connectivity index (χ0n) is 31.0. The van der Waals surface area contributed by atoms with Crippen LogP contribution < -0.4 is 14.6 Å². The van der Waals surface area contributed by atoms with Crippen LogP contribution in [0.2, 0.25) is 0 Å². The first-order chi connectivity index (χ1) is 26.5. The molecule has 0 unspecified atom stereocenters. The lowest BCUT2D eigenvalue weighted by molar-refractivity contribution is -0.671. The highest BCUT2D eigenvalue weighted by molar-refractivity contribution is 7.89. The average molecular weight is 822 g/mol. The van der Waals surface area contributed by atoms with Gasteiger partial charge in [0.05, 0.1) is 37.9 Å². The predicted octanol–water partition coefficient (Wildman–Crippen LogP) is -5.33. The summed E-state index contributed by atoms with van der Waals surface area (Å²) in [5, 5.41) is 85.7. The van der Waals surface area contributed by atoms with Gasteiger partial charge < -0.3 is 74.6 Å². The van der Waals surface area contributed by atoms with Gasteiger partial charge in [-0.2, -0.15) is 0 Å². The number of ether oxygens (including phenoxy) is 6. The summed E-state index contributed by atoms with van der Waals surface area (Å²) in [6.07, 6.45) is -16.6. The minimum absolute atomic E-state index is 0.0527. The SMILES string of the molecule is CC(=O)N[C@H]1[C@H](OCCCNS(=O)(=O)c2ccc(Cn3cc[n+](C)c3)cc2)O[C@H](CO)[C@@H](O[C@@H]2O[C@H](CO)[C@H](O)[C@H](O)[C@H]2O)[C@@H]1O[C@@H]1O[C@@H](C)[C@@H](O)[C@@H](O)[C@@H]1O. The molecule has 0 radical (unpaired) electrons. The number of carbonyl (C=O) groups excluding carboxylic acids is 1. The van der Waals surface area contributed by atoms with Crippen molar-refractivity contribution in [3.63, 3.8) is 0 Å². The molecule has 3 fully saturated rings. The van der Waals surface area contributed by atoms with Crippen molar-refractivity contribution in [2.75, 3.05) is 26.4 Å². The molecule has 5 rings (SSSR count). The Bertz CT molecular complexity index is 1670. The van der Waals surface area contributed by atoms with Gasteiger partial charge in [0.25, 0.3) is 0 Å². The number of benzene rings is 1. The fourth-order valence-corrected chi connectivity index (χ4v) is 7.74. The molecule has 0 aliphatic carbocycles. The fourth-order valence-electron chi connectivity index (χ4n) is 6.66. The van der Waals surface area contributed by atoms with Gasteiger partial charge in [0.1, 0.15) is 86.0 Å². The molecule has 1 aromatic carbocycles. The van der Waals surface area contributed by atoms with Gasteiger partial charge in [0.15, 0.2) is 18.9 Å². The molecule has 0 spiro atoms. The number of aliphatic hydroxyl groups is 8. The third-order valence-electron chi connectivity index (χ3n) is 9.75. The minimum atomic E-state index is -3.90. The van der Waals surface area contributed by atoms with Crippen LogP contribution in [-0.2, 0) is 56.8 Å². The van der Waals surface area contributed by atoms with Crippen molar-refractivity contribution < 1.29 is 87.1 Å². The van der Waals surface area contributed by atoms with Crippen molar-refractivity contribution in [3.8, 4) is 0 Å². The van der Waals surface area contributed by atoms with Crippen LogP contribution in [0.1, 0.15) is 25.8 Å². The molecule has 0 bridgehead atoms. The topological polar surface area (TPSA) is 301 Å². The van der Waals surface area contributed by atoms with Gasteiger partial charge in [0, 0.05) is 13.5 Å². The van der Waals surface area contributed by atoms with Gasteiger partial charge in [-0.25, -0.2) is 22.3 Å². The minimum Gasteiger partial charge on any atom is -0.394 e. The Labute approximate surface area is 323 Å². The number of hydrogen-bond acceptors (Lipinski definition) is 17. The van der Waals surface area contributed by atoms with Gasteiger partial charge in [-0.3, -0.25) is 4.79 Å². The number of sulfonamides is 1. The molecule has 1 aromatic heterocycles. The molecule has 3 saturated heterocycles. The van der Waals surface area contributed by atoms with Gasteiger partial charge in [-0.05, 0) is 31.0 Å². The smallest absolute Gasteiger partial charge is 0.243 e. The standard InChI is InChI=1S/C34H52N4O17S/c1-17-24(42)26(44)28(46)33(51-17)55-31-23(36-18(2)41)32(53-22(15-40)30(31)54-34-29(47)27(45)25(43)21(14-39)52-34)50-12-4-9-35-56(48,49)20-7-5-19(6-8-20)13-38-11-10-37(3)16-38/h5-8,10-11,16-17,21-35,39-40,42-47H,4,9,12-15H2,1-3H3/p+1/t17-,21+,22+,23+,24+,25-,26+,27-,28-,29+,30+,31+,32+,33-,34-/m0/s1. The highest BCUT2D eigenvalue weighted by atomic mass is 32.2. The highest BCUT2D eigenvalue weighted by Crippen LogP contribution is 2.34. The molecule has 4 heterocycles. The number of aliphatic hydroxyl groups excluding tert-OH is 8. The summed E-state index contributed by atoms with van der Waals surface area (Å²) in [5.74, 6) is -0.634. The van der Waals surface area contributed by atoms with E-state index in [-0.39, 0.29) is 24.5 Å². The number of nitrogens with zero attached hydrogens (tertiary/aromatic N) is 2. The first-order valence-corrected chi connectivity index (χ1v) is 19.6. The molecule has 2 aromatic rings. The molecule has 3 aliphatic heterocycles. The maximum absolute atomic E-state index is 13.0. The number of nitrogens with one attached hydrogen (secondary N) is 2. The summed E-state index contributed by atoms with van der Waals surface area (Å²) in [7, 11) is -2.01. The second-order valence-electron chi connectivity index (χ2n) is 14.0. The van der Waals surface area contributed by atoms with Crippen molar-refractivity contribution in [2.45, 2.75) is 124 Å². The van der Waals surface area contributed by atoms with E-state index in [1.165, 1.54) is 19.1 Å². The van der Waals surface area contributed by atoms with Gasteiger partial charge >= 0.3 is 0 Å². The summed E-state index contributed by atoms with van der Waals surface area (Å²) >= 11 is 0. The first kappa shape index (κ1) is 44.4. The van der Waals surface area contributed by atoms with Crippen molar-refractivity contribution in [2.24, 2.45) is 7.05 Å². The second-order valence-corrected chi connectivity index (χ2v) is 15.8. The zero-order chi connectivity index (χ0) is 40.9. The molecule has 3 aliphatic rings. The Hall–Kier alpha value is -2.75. The number of hydrogen-bond donors (Lipinski definition) is 10. The summed E-state index contributed by atoms with van der Waals surface area (Å²) in [5.41, 5.74) is 0.895. The maximum atomic E-state index is 13.0. The van der Waals surface area contributed by atoms with E-state index < -0.39 is 121 Å². The third kappa shape index (κ3) is 10.5. The monoisotopic (exact) mass is 821 g/mol. The number of aromatic nitrogens is 2. The fraction of sp³-hybridized carbons (Fsp3) is 0.706. The maximum Gasteiger partial charge on any atom is 0.243 e. The van der Waals surface area contributed by atoms with Crippen LogP contribution in [-0.4, -0.2) is 178 Å². The van der Waals surface area contributed by atoms with E-state index in [2.05, 4.69) is 10.0 Å². The molecule has 316 valence electrons. The van der Waals surface area contributed by atoms with Crippen LogP contribution in [0.25, 0.3) is 0 Å². The Morgan fingerprint density at radius 2 is 1.45 bits per heavy atom. The molecule has 56 heavy (non-hydrogen) atoms. The number of aryl methyl sites for hydroxylation is 1. The first-order valence-electron chi connectivity index (χ1n) is 18.1. The summed E-state index contributed by atoms with van der Waals surface area (Å²) in [4.78, 5) is 12.6. The van der Waals surface area contributed by atoms with Crippen LogP contribution in [0.3, 0.4) is 0 Å². The Morgan fingerprint density at radius 1 is 0.839 bits per heavy atom. The lowest BCUT2D eigenvalue weighted by atomic mass is 9.94. The lowest BCUT2D eigenvalue weighted by Gasteiger charge is -2.50. The molecule has 0 saturated carbocycles. The lowest BCUT2D eigenvalue weighted by Crippen LogP contribution is -2.69. The van der Waals surface area contributed by atoms with Crippen LogP contribution in [0.15, 0.2) is 47.9 Å². The van der Waals surface area contributed by atoms with Crippen LogP contribution in [0, 0.1) is 0 Å². The van der Waals surface area contributed by atoms with E-state index in [1.54, 1.807) is 12.1 Å². The number of imidazole rings is 1. The zero-order valence-corrected chi connectivity index (χ0v) is 31.8. The summed E-state index contributed by atoms with van der Waals surface area (Å²) in [6.45, 7) is 1.30. The third-order valence-corrected chi connectivity index (χ3v) is 11.2. The van der Waals surface area contributed by atoms with E-state index in [1.807, 2.05) is 34.9 Å². The molecular weight excluding hydrogens is 768 g/mol. The quantitative estimate of drug-likeness (QED) is 0.0559. The van der Waals surface area contributed by atoms with Crippen LogP contribution >= 0.6 is 0 Å². The van der Waals surface area contributed by atoms with Crippen molar-refractivity contribution in [1.82, 2.24) is 14.6 Å². The molecule has 1 amide bonds. The Kier molecular flexibility index (Phi) is 15.3. The number of carbonyl (C=O) groups is 1. The predicted molar refractivity (Wildman–Crippen MR) is 186 cm³/mol. The molecule has 22 heteroatoms. The van der Waals surface area contributed by atoms with Crippen LogP contribution in [0.5, 0.6) is 0 Å². The Morgan fingerprint density at radius 3 is 2.05 bits per heavy atom. The van der Waals surface area contributed by atoms with E-state index in [0.29, 0.717) is 6.54 Å². The second kappa shape index (κ2) is 19.3. The van der Waals surface area contributed by atoms with E-state index in [9.17, 15) is 54.1 Å².